The Morgan fingerprint density at radius 2 is 1.91 bits per heavy atom. The first-order chi connectivity index (χ1) is 10.4. The van der Waals surface area contributed by atoms with Gasteiger partial charge in [-0.15, -0.1) is 11.8 Å². The van der Waals surface area contributed by atoms with Crippen molar-refractivity contribution in [1.29, 1.82) is 0 Å². The van der Waals surface area contributed by atoms with Crippen LogP contribution in [0.1, 0.15) is 39.2 Å². The monoisotopic (exact) mass is 321 g/mol. The smallest absolute Gasteiger partial charge is 0.280 e. The number of aromatic nitrogens is 3. The Labute approximate surface area is 134 Å². The lowest BCUT2D eigenvalue weighted by Crippen LogP contribution is -2.37. The van der Waals surface area contributed by atoms with Crippen LogP contribution in [0.4, 0.5) is 0 Å². The number of fused-ring (bicyclic) bond motifs is 1. The van der Waals surface area contributed by atoms with Gasteiger partial charge in [-0.2, -0.15) is 0 Å². The van der Waals surface area contributed by atoms with Gasteiger partial charge in [0.05, 0.1) is 5.39 Å². The van der Waals surface area contributed by atoms with E-state index in [1.54, 1.807) is 18.8 Å². The van der Waals surface area contributed by atoms with Gasteiger partial charge in [-0.1, -0.05) is 27.2 Å². The molecule has 1 atom stereocenters. The minimum atomic E-state index is -0.340. The van der Waals surface area contributed by atoms with E-state index in [-0.39, 0.29) is 11.2 Å². The number of pyridine rings is 1. The van der Waals surface area contributed by atoms with Crippen molar-refractivity contribution in [3.63, 3.8) is 0 Å². The molecule has 0 bridgehead atoms. The number of rotatable bonds is 5. The lowest BCUT2D eigenvalue weighted by atomic mass is 10.1. The topological polar surface area (TPSA) is 56.9 Å². The zero-order chi connectivity index (χ0) is 16.4. The van der Waals surface area contributed by atoms with Crippen molar-refractivity contribution in [2.45, 2.75) is 50.2 Å². The van der Waals surface area contributed by atoms with Gasteiger partial charge in [0.15, 0.2) is 0 Å². The quantitative estimate of drug-likeness (QED) is 0.794. The highest BCUT2D eigenvalue weighted by atomic mass is 32.2. The van der Waals surface area contributed by atoms with Crippen LogP contribution in [0.25, 0.3) is 11.0 Å². The zero-order valence-corrected chi connectivity index (χ0v) is 14.7. The summed E-state index contributed by atoms with van der Waals surface area (Å²) in [4.78, 5) is 30.1. The van der Waals surface area contributed by atoms with Gasteiger partial charge < -0.3 is 0 Å². The fraction of sp³-hybridized carbons (Fsp3) is 0.562. The van der Waals surface area contributed by atoms with E-state index in [0.29, 0.717) is 16.3 Å². The van der Waals surface area contributed by atoms with Crippen molar-refractivity contribution in [1.82, 2.24) is 14.1 Å². The molecule has 2 rings (SSSR count). The Balaban J connectivity index is 2.88. The number of thioether (sulfide) groups is 1. The first kappa shape index (κ1) is 16.8. The summed E-state index contributed by atoms with van der Waals surface area (Å²) in [5.41, 5.74) is 0.969. The van der Waals surface area contributed by atoms with Gasteiger partial charge in [-0.25, -0.2) is 9.78 Å². The van der Waals surface area contributed by atoms with Gasteiger partial charge >= 0.3 is 5.69 Å². The van der Waals surface area contributed by atoms with Crippen molar-refractivity contribution >= 4 is 22.8 Å². The third kappa shape index (κ3) is 2.84. The first-order valence-electron chi connectivity index (χ1n) is 7.66. The lowest BCUT2D eigenvalue weighted by molar-refractivity contribution is 0.704. The molecule has 0 N–H and O–H groups in total. The van der Waals surface area contributed by atoms with Crippen molar-refractivity contribution in [2.24, 2.45) is 14.1 Å². The maximum Gasteiger partial charge on any atom is 0.332 e. The van der Waals surface area contributed by atoms with Crippen LogP contribution in [0.5, 0.6) is 0 Å². The molecule has 2 aromatic rings. The Morgan fingerprint density at radius 3 is 2.50 bits per heavy atom. The van der Waals surface area contributed by atoms with Crippen molar-refractivity contribution < 1.29 is 0 Å². The predicted octanol–water partition coefficient (Wildman–Crippen LogP) is 2.48. The molecule has 6 heteroatoms. The minimum absolute atomic E-state index is 0.255. The molecule has 0 saturated carbocycles. The molecule has 0 saturated heterocycles. The van der Waals surface area contributed by atoms with E-state index in [1.807, 2.05) is 6.20 Å². The highest BCUT2D eigenvalue weighted by molar-refractivity contribution is 8.00. The molecular formula is C16H23N3O2S. The lowest BCUT2D eigenvalue weighted by Gasteiger charge is -2.16. The maximum absolute atomic E-state index is 12.6. The second-order valence-electron chi connectivity index (χ2n) is 5.60. The third-order valence-corrected chi connectivity index (χ3v) is 5.35. The predicted molar refractivity (Wildman–Crippen MR) is 91.8 cm³/mol. The number of nitrogens with zero attached hydrogens (tertiary/aromatic N) is 3. The molecule has 120 valence electrons. The van der Waals surface area contributed by atoms with E-state index < -0.39 is 0 Å². The standard InChI is InChI=1S/C16H23N3O2S/c1-6-8-11-9-17-14-12(13(11)22-10(3)7-2)15(20)19(5)16(21)18(14)4/h9-10H,6-8H2,1-5H3/t10-/m0/s1. The van der Waals surface area contributed by atoms with Crippen molar-refractivity contribution in [3.05, 3.63) is 32.6 Å². The van der Waals surface area contributed by atoms with E-state index in [1.165, 1.54) is 16.2 Å². The molecule has 5 nitrogen and oxygen atoms in total. The fourth-order valence-corrected chi connectivity index (χ4v) is 3.58. The van der Waals surface area contributed by atoms with Gasteiger partial charge in [0.2, 0.25) is 0 Å². The van der Waals surface area contributed by atoms with E-state index in [9.17, 15) is 9.59 Å². The molecule has 2 aromatic heterocycles. The Bertz CT molecular complexity index is 808. The van der Waals surface area contributed by atoms with Gasteiger partial charge in [-0.3, -0.25) is 13.9 Å². The van der Waals surface area contributed by atoms with Crippen LogP contribution in [0.3, 0.4) is 0 Å². The largest absolute Gasteiger partial charge is 0.332 e. The first-order valence-corrected chi connectivity index (χ1v) is 8.54. The summed E-state index contributed by atoms with van der Waals surface area (Å²) >= 11 is 1.71. The summed E-state index contributed by atoms with van der Waals surface area (Å²) in [5.74, 6) is 0. The van der Waals surface area contributed by atoms with Gasteiger partial charge in [0.25, 0.3) is 5.56 Å². The molecule has 22 heavy (non-hydrogen) atoms. The molecule has 0 amide bonds. The third-order valence-electron chi connectivity index (χ3n) is 3.91. The molecule has 0 aliphatic rings. The summed E-state index contributed by atoms with van der Waals surface area (Å²) in [6, 6.07) is 0. The zero-order valence-electron chi connectivity index (χ0n) is 13.8. The normalized spacial score (nSPS) is 12.8. The van der Waals surface area contributed by atoms with Crippen LogP contribution < -0.4 is 11.2 Å². The molecule has 0 spiro atoms. The summed E-state index contributed by atoms with van der Waals surface area (Å²) < 4.78 is 2.62. The van der Waals surface area contributed by atoms with Crippen LogP contribution in [0.2, 0.25) is 0 Å². The SMILES string of the molecule is CCCc1cnc2c(c1S[C@@H](C)CC)c(=O)n(C)c(=O)n2C. The fourth-order valence-electron chi connectivity index (χ4n) is 2.41. The van der Waals surface area contributed by atoms with Crippen molar-refractivity contribution in [3.8, 4) is 0 Å². The number of aryl methyl sites for hydroxylation is 2. The van der Waals surface area contributed by atoms with Crippen LogP contribution >= 0.6 is 11.8 Å². The minimum Gasteiger partial charge on any atom is -0.280 e. The molecule has 0 aliphatic carbocycles. The number of hydrogen-bond acceptors (Lipinski definition) is 4. The van der Waals surface area contributed by atoms with E-state index in [4.69, 9.17) is 0 Å². The van der Waals surface area contributed by atoms with Crippen LogP contribution in [0.15, 0.2) is 20.7 Å². The van der Waals surface area contributed by atoms with E-state index >= 15 is 0 Å². The highest BCUT2D eigenvalue weighted by Gasteiger charge is 2.18. The Morgan fingerprint density at radius 1 is 1.23 bits per heavy atom. The Kier molecular flexibility index (Phi) is 5.11. The van der Waals surface area contributed by atoms with Gasteiger partial charge in [0.1, 0.15) is 5.65 Å². The summed E-state index contributed by atoms with van der Waals surface area (Å²) in [5, 5.41) is 0.976. The Hall–Kier alpha value is -1.56. The van der Waals surface area contributed by atoms with E-state index in [0.717, 1.165) is 29.7 Å². The van der Waals surface area contributed by atoms with Crippen molar-refractivity contribution in [2.75, 3.05) is 0 Å². The van der Waals surface area contributed by atoms with Crippen LogP contribution in [0, 0.1) is 0 Å². The summed E-state index contributed by atoms with van der Waals surface area (Å²) in [6.45, 7) is 6.40. The maximum atomic E-state index is 12.6. The van der Waals surface area contributed by atoms with Gasteiger partial charge in [0, 0.05) is 30.4 Å². The molecule has 0 aromatic carbocycles. The average molecular weight is 321 g/mol. The van der Waals surface area contributed by atoms with Crippen LogP contribution in [-0.4, -0.2) is 19.4 Å². The second kappa shape index (κ2) is 6.69. The second-order valence-corrected chi connectivity index (χ2v) is 7.05. The van der Waals surface area contributed by atoms with Crippen LogP contribution in [-0.2, 0) is 20.5 Å². The van der Waals surface area contributed by atoms with E-state index in [2.05, 4.69) is 25.8 Å². The molecule has 2 heterocycles. The summed E-state index contributed by atoms with van der Waals surface area (Å²) in [6.07, 6.45) is 4.71. The summed E-state index contributed by atoms with van der Waals surface area (Å²) in [7, 11) is 3.18. The molecular weight excluding hydrogens is 298 g/mol. The molecule has 0 radical (unpaired) electrons. The highest BCUT2D eigenvalue weighted by Crippen LogP contribution is 2.32. The van der Waals surface area contributed by atoms with Gasteiger partial charge in [-0.05, 0) is 18.4 Å². The molecule has 0 unspecified atom stereocenters. The molecule has 0 fully saturated rings. The average Bonchev–Trinajstić information content (AvgIpc) is 2.52. The number of hydrogen-bond donors (Lipinski definition) is 0. The molecule has 0 aliphatic heterocycles.